The molecule has 2 N–H and O–H groups in total. The quantitative estimate of drug-likeness (QED) is 0.835. The van der Waals surface area contributed by atoms with Crippen LogP contribution >= 0.6 is 11.6 Å². The molecule has 0 amide bonds. The lowest BCUT2D eigenvalue weighted by Crippen LogP contribution is -2.18. The van der Waals surface area contributed by atoms with E-state index in [4.69, 9.17) is 11.6 Å². The molecule has 0 aliphatic heterocycles. The summed E-state index contributed by atoms with van der Waals surface area (Å²) in [5.41, 5.74) is 2.35. The van der Waals surface area contributed by atoms with Gasteiger partial charge in [0, 0.05) is 28.2 Å². The fourth-order valence-corrected chi connectivity index (χ4v) is 1.93. The first-order valence-corrected chi connectivity index (χ1v) is 6.01. The van der Waals surface area contributed by atoms with E-state index < -0.39 is 0 Å². The summed E-state index contributed by atoms with van der Waals surface area (Å²) in [5.74, 6) is 0.679. The van der Waals surface area contributed by atoms with Gasteiger partial charge in [-0.15, -0.1) is 0 Å². The molecule has 0 radical (unpaired) electrons. The molecule has 1 aromatic carbocycles. The van der Waals surface area contributed by atoms with Gasteiger partial charge >= 0.3 is 0 Å². The number of hydrogen-bond donors (Lipinski definition) is 2. The molecule has 0 saturated carbocycles. The first-order valence-electron chi connectivity index (χ1n) is 5.63. The number of H-pyrrole nitrogens is 1. The van der Waals surface area contributed by atoms with Crippen LogP contribution in [0.5, 0.6) is 0 Å². The maximum Gasteiger partial charge on any atom is 0.0457 e. The van der Waals surface area contributed by atoms with Crippen LogP contribution in [0.1, 0.15) is 19.5 Å². The van der Waals surface area contributed by atoms with Gasteiger partial charge in [0.15, 0.2) is 0 Å². The average Bonchev–Trinajstić information content (AvgIpc) is 2.58. The summed E-state index contributed by atoms with van der Waals surface area (Å²) in [5, 5.41) is 5.37. The number of rotatable bonds is 4. The molecule has 0 atom stereocenters. The molecule has 2 aromatic rings. The summed E-state index contributed by atoms with van der Waals surface area (Å²) in [6, 6.07) is 8.06. The van der Waals surface area contributed by atoms with Gasteiger partial charge in [-0.3, -0.25) is 0 Å². The molecule has 0 saturated heterocycles. The molecular weight excluding hydrogens is 220 g/mol. The van der Waals surface area contributed by atoms with Crippen molar-refractivity contribution in [2.24, 2.45) is 5.92 Å². The van der Waals surface area contributed by atoms with Gasteiger partial charge in [0.05, 0.1) is 0 Å². The Balaban J connectivity index is 2.08. The van der Waals surface area contributed by atoms with Crippen LogP contribution in [-0.2, 0) is 6.54 Å². The Morgan fingerprint density at radius 3 is 2.88 bits per heavy atom. The van der Waals surface area contributed by atoms with E-state index in [1.165, 1.54) is 11.1 Å². The Labute approximate surface area is 101 Å². The average molecular weight is 237 g/mol. The SMILES string of the molecule is CC(C)CNCc1cc2cc(Cl)ccc2[nH]1. The van der Waals surface area contributed by atoms with Gasteiger partial charge in [0.25, 0.3) is 0 Å². The molecule has 1 aromatic heterocycles. The van der Waals surface area contributed by atoms with Crippen LogP contribution in [0.4, 0.5) is 0 Å². The van der Waals surface area contributed by atoms with E-state index in [1.807, 2.05) is 18.2 Å². The largest absolute Gasteiger partial charge is 0.357 e. The molecule has 0 aliphatic carbocycles. The van der Waals surface area contributed by atoms with Gasteiger partial charge in [-0.1, -0.05) is 25.4 Å². The summed E-state index contributed by atoms with van der Waals surface area (Å²) >= 11 is 5.94. The zero-order chi connectivity index (χ0) is 11.5. The van der Waals surface area contributed by atoms with Crippen molar-refractivity contribution in [3.05, 3.63) is 35.0 Å². The summed E-state index contributed by atoms with van der Waals surface area (Å²) in [6.45, 7) is 6.33. The lowest BCUT2D eigenvalue weighted by atomic mass is 10.2. The molecule has 2 rings (SSSR count). The minimum absolute atomic E-state index is 0.679. The van der Waals surface area contributed by atoms with Crippen LogP contribution in [0.15, 0.2) is 24.3 Å². The van der Waals surface area contributed by atoms with Gasteiger partial charge in [0.2, 0.25) is 0 Å². The van der Waals surface area contributed by atoms with E-state index in [0.717, 1.165) is 23.6 Å². The molecule has 2 nitrogen and oxygen atoms in total. The smallest absolute Gasteiger partial charge is 0.0457 e. The predicted molar refractivity (Wildman–Crippen MR) is 69.9 cm³/mol. The summed E-state index contributed by atoms with van der Waals surface area (Å²) in [4.78, 5) is 3.38. The molecule has 1 heterocycles. The minimum atomic E-state index is 0.679. The van der Waals surface area contributed by atoms with Crippen molar-refractivity contribution in [1.29, 1.82) is 0 Å². The standard InChI is InChI=1S/C13H17ClN2/c1-9(2)7-15-8-12-6-10-5-11(14)3-4-13(10)16-12/h3-6,9,15-16H,7-8H2,1-2H3. The lowest BCUT2D eigenvalue weighted by molar-refractivity contribution is 0.549. The van der Waals surface area contributed by atoms with Crippen molar-refractivity contribution in [2.45, 2.75) is 20.4 Å². The van der Waals surface area contributed by atoms with Gasteiger partial charge in [-0.25, -0.2) is 0 Å². The van der Waals surface area contributed by atoms with Crippen molar-refractivity contribution in [3.8, 4) is 0 Å². The zero-order valence-electron chi connectivity index (χ0n) is 9.68. The number of fused-ring (bicyclic) bond motifs is 1. The zero-order valence-corrected chi connectivity index (χ0v) is 10.4. The van der Waals surface area contributed by atoms with Crippen LogP contribution in [-0.4, -0.2) is 11.5 Å². The highest BCUT2D eigenvalue weighted by atomic mass is 35.5. The first-order chi connectivity index (χ1) is 7.65. The van der Waals surface area contributed by atoms with E-state index in [2.05, 4.69) is 30.2 Å². The molecular formula is C13H17ClN2. The summed E-state index contributed by atoms with van der Waals surface area (Å²) in [7, 11) is 0. The van der Waals surface area contributed by atoms with Gasteiger partial charge in [-0.05, 0) is 36.7 Å². The van der Waals surface area contributed by atoms with E-state index in [-0.39, 0.29) is 0 Å². The number of aromatic amines is 1. The normalized spacial score (nSPS) is 11.5. The van der Waals surface area contributed by atoms with Crippen LogP contribution in [0, 0.1) is 5.92 Å². The molecule has 0 unspecified atom stereocenters. The van der Waals surface area contributed by atoms with Crippen LogP contribution < -0.4 is 5.32 Å². The van der Waals surface area contributed by atoms with Crippen molar-refractivity contribution >= 4 is 22.5 Å². The molecule has 86 valence electrons. The Morgan fingerprint density at radius 2 is 2.12 bits per heavy atom. The molecule has 3 heteroatoms. The van der Waals surface area contributed by atoms with E-state index >= 15 is 0 Å². The number of aromatic nitrogens is 1. The van der Waals surface area contributed by atoms with Crippen molar-refractivity contribution < 1.29 is 0 Å². The van der Waals surface area contributed by atoms with Crippen LogP contribution in [0.2, 0.25) is 5.02 Å². The van der Waals surface area contributed by atoms with Crippen LogP contribution in [0.3, 0.4) is 0 Å². The Hall–Kier alpha value is -0.990. The van der Waals surface area contributed by atoms with Crippen molar-refractivity contribution in [1.82, 2.24) is 10.3 Å². The third-order valence-corrected chi connectivity index (χ3v) is 2.74. The molecule has 16 heavy (non-hydrogen) atoms. The van der Waals surface area contributed by atoms with Crippen molar-refractivity contribution in [2.75, 3.05) is 6.54 Å². The summed E-state index contributed by atoms with van der Waals surface area (Å²) in [6.07, 6.45) is 0. The number of nitrogens with one attached hydrogen (secondary N) is 2. The number of halogens is 1. The number of benzene rings is 1. The predicted octanol–water partition coefficient (Wildman–Crippen LogP) is 3.57. The molecule has 0 fully saturated rings. The second kappa shape index (κ2) is 4.89. The third kappa shape index (κ3) is 2.77. The highest BCUT2D eigenvalue weighted by Crippen LogP contribution is 2.19. The van der Waals surface area contributed by atoms with Gasteiger partial charge in [-0.2, -0.15) is 0 Å². The number of hydrogen-bond acceptors (Lipinski definition) is 1. The first kappa shape index (κ1) is 11.5. The second-order valence-electron chi connectivity index (χ2n) is 4.55. The van der Waals surface area contributed by atoms with E-state index in [9.17, 15) is 0 Å². The third-order valence-electron chi connectivity index (χ3n) is 2.51. The minimum Gasteiger partial charge on any atom is -0.357 e. The topological polar surface area (TPSA) is 27.8 Å². The fraction of sp³-hybridized carbons (Fsp3) is 0.385. The maximum atomic E-state index is 5.94. The van der Waals surface area contributed by atoms with Gasteiger partial charge in [0.1, 0.15) is 0 Å². The molecule has 0 spiro atoms. The van der Waals surface area contributed by atoms with Gasteiger partial charge < -0.3 is 10.3 Å². The monoisotopic (exact) mass is 236 g/mol. The molecule has 0 aliphatic rings. The fourth-order valence-electron chi connectivity index (χ4n) is 1.75. The van der Waals surface area contributed by atoms with E-state index in [1.54, 1.807) is 0 Å². The van der Waals surface area contributed by atoms with E-state index in [0.29, 0.717) is 5.92 Å². The molecule has 0 bridgehead atoms. The summed E-state index contributed by atoms with van der Waals surface area (Å²) < 4.78 is 0. The van der Waals surface area contributed by atoms with Crippen LogP contribution in [0.25, 0.3) is 10.9 Å². The Bertz CT molecular complexity index is 474. The highest BCUT2D eigenvalue weighted by molar-refractivity contribution is 6.31. The Kier molecular flexibility index (Phi) is 3.52. The van der Waals surface area contributed by atoms with Crippen molar-refractivity contribution in [3.63, 3.8) is 0 Å². The highest BCUT2D eigenvalue weighted by Gasteiger charge is 2.01. The maximum absolute atomic E-state index is 5.94. The lowest BCUT2D eigenvalue weighted by Gasteiger charge is -2.05. The Morgan fingerprint density at radius 1 is 1.31 bits per heavy atom. The second-order valence-corrected chi connectivity index (χ2v) is 4.99.